The Kier molecular flexibility index (Phi) is 5.72. The van der Waals surface area contributed by atoms with Crippen molar-refractivity contribution in [2.24, 2.45) is 5.92 Å². The lowest BCUT2D eigenvalue weighted by Gasteiger charge is -2.25. The summed E-state index contributed by atoms with van der Waals surface area (Å²) in [5.41, 5.74) is 0.950. The average Bonchev–Trinajstić information content (AvgIpc) is 2.31. The molecule has 96 valence electrons. The summed E-state index contributed by atoms with van der Waals surface area (Å²) in [7, 11) is 3.96. The molecule has 0 aliphatic rings. The van der Waals surface area contributed by atoms with Crippen molar-refractivity contribution < 1.29 is 4.39 Å². The summed E-state index contributed by atoms with van der Waals surface area (Å²) in [6.45, 7) is 4.09. The second-order valence-corrected chi connectivity index (χ2v) is 4.72. The zero-order chi connectivity index (χ0) is 12.8. The molecule has 4 heteroatoms. The molecule has 0 amide bonds. The first-order chi connectivity index (χ1) is 8.08. The first kappa shape index (κ1) is 14.3. The lowest BCUT2D eigenvalue weighted by molar-refractivity contribution is 0.484. The predicted molar refractivity (Wildman–Crippen MR) is 72.4 cm³/mol. The number of nitrogens with zero attached hydrogens (tertiary/aromatic N) is 1. The quantitative estimate of drug-likeness (QED) is 0.843. The van der Waals surface area contributed by atoms with Gasteiger partial charge in [0.05, 0.1) is 5.02 Å². The van der Waals surface area contributed by atoms with Gasteiger partial charge in [0.15, 0.2) is 0 Å². The summed E-state index contributed by atoms with van der Waals surface area (Å²) in [6, 6.07) is 4.84. The van der Waals surface area contributed by atoms with Crippen molar-refractivity contribution >= 4 is 17.3 Å². The smallest absolute Gasteiger partial charge is 0.141 e. The van der Waals surface area contributed by atoms with Gasteiger partial charge in [0, 0.05) is 19.3 Å². The minimum Gasteiger partial charge on any atom is -0.374 e. The number of halogens is 2. The maximum absolute atomic E-state index is 13.1. The Bertz CT molecular complexity index is 357. The second kappa shape index (κ2) is 6.82. The van der Waals surface area contributed by atoms with E-state index in [0.29, 0.717) is 5.92 Å². The van der Waals surface area contributed by atoms with Crippen molar-refractivity contribution in [1.29, 1.82) is 0 Å². The third kappa shape index (κ3) is 4.17. The van der Waals surface area contributed by atoms with E-state index >= 15 is 0 Å². The lowest BCUT2D eigenvalue weighted by Crippen LogP contribution is -2.31. The van der Waals surface area contributed by atoms with Gasteiger partial charge in [-0.25, -0.2) is 4.39 Å². The Labute approximate surface area is 108 Å². The third-order valence-electron chi connectivity index (χ3n) is 2.95. The van der Waals surface area contributed by atoms with Gasteiger partial charge in [-0.1, -0.05) is 24.9 Å². The molecule has 1 unspecified atom stereocenters. The van der Waals surface area contributed by atoms with E-state index in [0.717, 1.165) is 25.2 Å². The number of hydrogen-bond donors (Lipinski definition) is 1. The van der Waals surface area contributed by atoms with Crippen molar-refractivity contribution in [3.63, 3.8) is 0 Å². The van der Waals surface area contributed by atoms with Gasteiger partial charge in [-0.3, -0.25) is 0 Å². The molecule has 0 saturated carbocycles. The first-order valence-electron chi connectivity index (χ1n) is 5.89. The lowest BCUT2D eigenvalue weighted by atomic mass is 10.1. The summed E-state index contributed by atoms with van der Waals surface area (Å²) in [5.74, 6) is 0.208. The summed E-state index contributed by atoms with van der Waals surface area (Å²) < 4.78 is 13.1. The molecular weight excluding hydrogens is 239 g/mol. The van der Waals surface area contributed by atoms with Crippen molar-refractivity contribution in [1.82, 2.24) is 5.32 Å². The minimum absolute atomic E-state index is 0.177. The van der Waals surface area contributed by atoms with Crippen LogP contribution in [0.2, 0.25) is 5.02 Å². The molecule has 0 aliphatic carbocycles. The van der Waals surface area contributed by atoms with Crippen molar-refractivity contribution in [2.45, 2.75) is 13.3 Å². The third-order valence-corrected chi connectivity index (χ3v) is 3.24. The molecule has 1 atom stereocenters. The number of nitrogens with one attached hydrogen (secondary N) is 1. The molecule has 0 radical (unpaired) electrons. The van der Waals surface area contributed by atoms with Crippen LogP contribution < -0.4 is 10.2 Å². The molecule has 1 N–H and O–H groups in total. The molecule has 0 aromatic heterocycles. The van der Waals surface area contributed by atoms with E-state index in [4.69, 9.17) is 11.6 Å². The maximum atomic E-state index is 13.1. The van der Waals surface area contributed by atoms with Crippen LogP contribution in [0.1, 0.15) is 13.3 Å². The highest BCUT2D eigenvalue weighted by atomic mass is 35.5. The molecule has 0 saturated heterocycles. The van der Waals surface area contributed by atoms with E-state index in [-0.39, 0.29) is 10.8 Å². The van der Waals surface area contributed by atoms with E-state index < -0.39 is 0 Å². The highest BCUT2D eigenvalue weighted by Gasteiger charge is 2.10. The standard InChI is InChI=1S/C13H20ClFN2/c1-4-10(8-16-2)9-17(3)11-5-6-13(15)12(14)7-11/h5-7,10,16H,4,8-9H2,1-3H3. The Morgan fingerprint density at radius 2 is 2.18 bits per heavy atom. The van der Waals surface area contributed by atoms with Crippen LogP contribution in [0.15, 0.2) is 18.2 Å². The van der Waals surface area contributed by atoms with E-state index in [9.17, 15) is 4.39 Å². The van der Waals surface area contributed by atoms with Crippen LogP contribution in [-0.4, -0.2) is 27.2 Å². The van der Waals surface area contributed by atoms with Gasteiger partial charge in [-0.05, 0) is 37.7 Å². The van der Waals surface area contributed by atoms with Gasteiger partial charge in [0.2, 0.25) is 0 Å². The van der Waals surface area contributed by atoms with Crippen LogP contribution in [-0.2, 0) is 0 Å². The fraction of sp³-hybridized carbons (Fsp3) is 0.538. The van der Waals surface area contributed by atoms with Crippen LogP contribution in [0.25, 0.3) is 0 Å². The van der Waals surface area contributed by atoms with Crippen molar-refractivity contribution in [2.75, 3.05) is 32.1 Å². The fourth-order valence-corrected chi connectivity index (χ4v) is 2.02. The molecule has 1 aromatic carbocycles. The summed E-state index contributed by atoms with van der Waals surface area (Å²) in [6.07, 6.45) is 1.11. The van der Waals surface area contributed by atoms with Gasteiger partial charge >= 0.3 is 0 Å². The largest absolute Gasteiger partial charge is 0.374 e. The molecule has 1 aromatic rings. The van der Waals surface area contributed by atoms with Gasteiger partial charge in [0.25, 0.3) is 0 Å². The Morgan fingerprint density at radius 1 is 1.47 bits per heavy atom. The normalized spacial score (nSPS) is 12.5. The zero-order valence-electron chi connectivity index (χ0n) is 10.6. The minimum atomic E-state index is -0.369. The topological polar surface area (TPSA) is 15.3 Å². The number of rotatable bonds is 6. The molecule has 17 heavy (non-hydrogen) atoms. The summed E-state index contributed by atoms with van der Waals surface area (Å²) in [4.78, 5) is 2.11. The van der Waals surface area contributed by atoms with Crippen LogP contribution in [0.5, 0.6) is 0 Å². The monoisotopic (exact) mass is 258 g/mol. The SMILES string of the molecule is CCC(CNC)CN(C)c1ccc(F)c(Cl)c1. The van der Waals surface area contributed by atoms with Crippen LogP contribution in [0.3, 0.4) is 0 Å². The van der Waals surface area contributed by atoms with E-state index in [2.05, 4.69) is 17.1 Å². The van der Waals surface area contributed by atoms with Crippen LogP contribution >= 0.6 is 11.6 Å². The molecule has 1 rings (SSSR count). The average molecular weight is 259 g/mol. The number of hydrogen-bond acceptors (Lipinski definition) is 2. The van der Waals surface area contributed by atoms with E-state index in [1.54, 1.807) is 12.1 Å². The van der Waals surface area contributed by atoms with Crippen molar-refractivity contribution in [3.05, 3.63) is 29.0 Å². The molecular formula is C13H20ClFN2. The van der Waals surface area contributed by atoms with Gasteiger partial charge in [0.1, 0.15) is 5.82 Å². The molecule has 0 fully saturated rings. The highest BCUT2D eigenvalue weighted by Crippen LogP contribution is 2.22. The van der Waals surface area contributed by atoms with Gasteiger partial charge in [-0.2, -0.15) is 0 Å². The Hall–Kier alpha value is -0.800. The summed E-state index contributed by atoms with van der Waals surface area (Å²) in [5, 5.41) is 3.36. The molecule has 0 spiro atoms. The predicted octanol–water partition coefficient (Wildman–Crippen LogP) is 3.16. The highest BCUT2D eigenvalue weighted by molar-refractivity contribution is 6.31. The summed E-state index contributed by atoms with van der Waals surface area (Å²) >= 11 is 5.78. The fourth-order valence-electron chi connectivity index (χ4n) is 1.84. The molecule has 0 bridgehead atoms. The Morgan fingerprint density at radius 3 is 2.71 bits per heavy atom. The van der Waals surface area contributed by atoms with Gasteiger partial charge in [-0.15, -0.1) is 0 Å². The van der Waals surface area contributed by atoms with Crippen LogP contribution in [0.4, 0.5) is 10.1 Å². The molecule has 0 aliphatic heterocycles. The molecule has 0 heterocycles. The zero-order valence-corrected chi connectivity index (χ0v) is 11.4. The maximum Gasteiger partial charge on any atom is 0.141 e. The van der Waals surface area contributed by atoms with E-state index in [1.807, 2.05) is 14.1 Å². The van der Waals surface area contributed by atoms with E-state index in [1.165, 1.54) is 6.07 Å². The Balaban J connectivity index is 2.68. The van der Waals surface area contributed by atoms with Gasteiger partial charge < -0.3 is 10.2 Å². The first-order valence-corrected chi connectivity index (χ1v) is 6.27. The van der Waals surface area contributed by atoms with Crippen LogP contribution in [0, 0.1) is 11.7 Å². The second-order valence-electron chi connectivity index (χ2n) is 4.31. The number of anilines is 1. The van der Waals surface area contributed by atoms with Crippen molar-refractivity contribution in [3.8, 4) is 0 Å². The number of benzene rings is 1. The molecule has 2 nitrogen and oxygen atoms in total.